The van der Waals surface area contributed by atoms with Gasteiger partial charge in [-0.05, 0) is 51.8 Å². The van der Waals surface area contributed by atoms with E-state index in [4.69, 9.17) is 0 Å². The van der Waals surface area contributed by atoms with Crippen LogP contribution in [0.5, 0.6) is 0 Å². The summed E-state index contributed by atoms with van der Waals surface area (Å²) in [5.74, 6) is 1.00. The standard InChI is InChI=1S/C18H26N6O/c1-13-11-14(2)24(22-13)15(3)12-18(25)23-9-6-16(7-10-23)20-17-5-4-8-19-21-17/h4-5,8,11,15-16H,6-7,9-10,12H2,1-3H3,(H,20,21). The third-order valence-corrected chi connectivity index (χ3v) is 4.70. The van der Waals surface area contributed by atoms with Gasteiger partial charge in [-0.3, -0.25) is 9.48 Å². The maximum Gasteiger partial charge on any atom is 0.224 e. The van der Waals surface area contributed by atoms with Crippen molar-refractivity contribution in [1.29, 1.82) is 0 Å². The first-order valence-electron chi connectivity index (χ1n) is 8.87. The SMILES string of the molecule is Cc1cc(C)n(C(C)CC(=O)N2CCC(Nc3cccnn3)CC2)n1. The summed E-state index contributed by atoms with van der Waals surface area (Å²) in [7, 11) is 0. The van der Waals surface area contributed by atoms with Crippen LogP contribution in [0.3, 0.4) is 0 Å². The normalized spacial score (nSPS) is 16.7. The van der Waals surface area contributed by atoms with Crippen molar-refractivity contribution in [2.24, 2.45) is 0 Å². The summed E-state index contributed by atoms with van der Waals surface area (Å²) in [6.45, 7) is 7.62. The summed E-state index contributed by atoms with van der Waals surface area (Å²) in [5, 5.41) is 15.8. The van der Waals surface area contributed by atoms with E-state index >= 15 is 0 Å². The first kappa shape index (κ1) is 17.4. The molecule has 3 rings (SSSR count). The van der Waals surface area contributed by atoms with E-state index in [1.165, 1.54) is 0 Å². The van der Waals surface area contributed by atoms with Gasteiger partial charge in [0.15, 0.2) is 0 Å². The molecule has 0 aromatic carbocycles. The van der Waals surface area contributed by atoms with Crippen LogP contribution in [0, 0.1) is 13.8 Å². The number of aromatic nitrogens is 4. The van der Waals surface area contributed by atoms with Gasteiger partial charge in [0.25, 0.3) is 0 Å². The number of piperidine rings is 1. The zero-order chi connectivity index (χ0) is 17.8. The topological polar surface area (TPSA) is 75.9 Å². The lowest BCUT2D eigenvalue weighted by Gasteiger charge is -2.33. The van der Waals surface area contributed by atoms with Crippen molar-refractivity contribution in [3.05, 3.63) is 35.8 Å². The van der Waals surface area contributed by atoms with Gasteiger partial charge in [0.1, 0.15) is 5.82 Å². The number of aryl methyl sites for hydroxylation is 2. The molecule has 0 saturated carbocycles. The smallest absolute Gasteiger partial charge is 0.224 e. The first-order valence-corrected chi connectivity index (χ1v) is 8.87. The van der Waals surface area contributed by atoms with Gasteiger partial charge >= 0.3 is 0 Å². The Morgan fingerprint density at radius 1 is 1.36 bits per heavy atom. The molecule has 25 heavy (non-hydrogen) atoms. The van der Waals surface area contributed by atoms with Crippen molar-refractivity contribution < 1.29 is 4.79 Å². The number of hydrogen-bond acceptors (Lipinski definition) is 5. The summed E-state index contributed by atoms with van der Waals surface area (Å²) in [4.78, 5) is 14.6. The van der Waals surface area contributed by atoms with E-state index in [0.717, 1.165) is 43.1 Å². The molecule has 1 unspecified atom stereocenters. The fourth-order valence-corrected chi connectivity index (χ4v) is 3.42. The van der Waals surface area contributed by atoms with Crippen molar-refractivity contribution in [2.45, 2.75) is 52.1 Å². The number of carbonyl (C=O) groups excluding carboxylic acids is 1. The largest absolute Gasteiger partial charge is 0.366 e. The van der Waals surface area contributed by atoms with Crippen LogP contribution >= 0.6 is 0 Å². The highest BCUT2D eigenvalue weighted by Crippen LogP contribution is 2.19. The van der Waals surface area contributed by atoms with Crippen LogP contribution in [0.2, 0.25) is 0 Å². The number of amides is 1. The van der Waals surface area contributed by atoms with E-state index in [-0.39, 0.29) is 11.9 Å². The molecule has 1 aliphatic rings. The number of rotatable bonds is 5. The minimum atomic E-state index is 0.0802. The fraction of sp³-hybridized carbons (Fsp3) is 0.556. The van der Waals surface area contributed by atoms with Gasteiger partial charge in [0, 0.05) is 37.4 Å². The zero-order valence-corrected chi connectivity index (χ0v) is 15.1. The highest BCUT2D eigenvalue weighted by molar-refractivity contribution is 5.76. The Kier molecular flexibility index (Phi) is 5.31. The molecule has 1 amide bonds. The van der Waals surface area contributed by atoms with Gasteiger partial charge < -0.3 is 10.2 Å². The van der Waals surface area contributed by atoms with E-state index in [2.05, 4.69) is 27.5 Å². The molecule has 7 heteroatoms. The molecule has 2 aromatic rings. The number of anilines is 1. The van der Waals surface area contributed by atoms with Crippen molar-refractivity contribution in [3.63, 3.8) is 0 Å². The van der Waals surface area contributed by atoms with Crippen molar-refractivity contribution >= 4 is 11.7 Å². The van der Waals surface area contributed by atoms with Crippen LogP contribution in [-0.2, 0) is 4.79 Å². The van der Waals surface area contributed by atoms with E-state index in [9.17, 15) is 4.79 Å². The van der Waals surface area contributed by atoms with Crippen molar-refractivity contribution in [2.75, 3.05) is 18.4 Å². The van der Waals surface area contributed by atoms with Gasteiger partial charge in [-0.25, -0.2) is 0 Å². The second-order valence-electron chi connectivity index (χ2n) is 6.83. The maximum absolute atomic E-state index is 12.6. The first-order chi connectivity index (χ1) is 12.0. The molecule has 0 aliphatic carbocycles. The summed E-state index contributed by atoms with van der Waals surface area (Å²) >= 11 is 0. The summed E-state index contributed by atoms with van der Waals surface area (Å²) < 4.78 is 1.95. The number of carbonyl (C=O) groups is 1. The van der Waals surface area contributed by atoms with Gasteiger partial charge in [0.2, 0.25) is 5.91 Å². The number of likely N-dealkylation sites (tertiary alicyclic amines) is 1. The molecule has 134 valence electrons. The molecule has 1 fully saturated rings. The second kappa shape index (κ2) is 7.63. The summed E-state index contributed by atoms with van der Waals surface area (Å²) in [5.41, 5.74) is 2.09. The molecule has 1 N–H and O–H groups in total. The van der Waals surface area contributed by atoms with Crippen LogP contribution in [0.4, 0.5) is 5.82 Å². The molecule has 0 radical (unpaired) electrons. The Hall–Kier alpha value is -2.44. The fourth-order valence-electron chi connectivity index (χ4n) is 3.42. The second-order valence-corrected chi connectivity index (χ2v) is 6.83. The Balaban J connectivity index is 1.49. The Labute approximate surface area is 148 Å². The molecule has 2 aromatic heterocycles. The monoisotopic (exact) mass is 342 g/mol. The summed E-state index contributed by atoms with van der Waals surface area (Å²) in [6, 6.07) is 6.25. The number of nitrogens with zero attached hydrogens (tertiary/aromatic N) is 5. The lowest BCUT2D eigenvalue weighted by molar-refractivity contribution is -0.132. The molecule has 1 atom stereocenters. The highest BCUT2D eigenvalue weighted by Gasteiger charge is 2.24. The quantitative estimate of drug-likeness (QED) is 0.902. The number of hydrogen-bond donors (Lipinski definition) is 1. The zero-order valence-electron chi connectivity index (χ0n) is 15.1. The molecular formula is C18H26N6O. The van der Waals surface area contributed by atoms with E-state index < -0.39 is 0 Å². The number of nitrogens with one attached hydrogen (secondary N) is 1. The molecule has 0 bridgehead atoms. The van der Waals surface area contributed by atoms with Gasteiger partial charge in [0.05, 0.1) is 11.7 Å². The molecule has 0 spiro atoms. The average molecular weight is 342 g/mol. The lowest BCUT2D eigenvalue weighted by Crippen LogP contribution is -2.43. The van der Waals surface area contributed by atoms with E-state index in [1.54, 1.807) is 6.20 Å². The van der Waals surface area contributed by atoms with Crippen LogP contribution < -0.4 is 5.32 Å². The Morgan fingerprint density at radius 3 is 2.72 bits per heavy atom. The highest BCUT2D eigenvalue weighted by atomic mass is 16.2. The minimum absolute atomic E-state index is 0.0802. The molecular weight excluding hydrogens is 316 g/mol. The minimum Gasteiger partial charge on any atom is -0.366 e. The van der Waals surface area contributed by atoms with Crippen molar-refractivity contribution in [3.8, 4) is 0 Å². The molecule has 3 heterocycles. The van der Waals surface area contributed by atoms with Crippen molar-refractivity contribution in [1.82, 2.24) is 24.9 Å². The molecule has 1 saturated heterocycles. The Bertz CT molecular complexity index is 706. The Morgan fingerprint density at radius 2 is 2.12 bits per heavy atom. The average Bonchev–Trinajstić information content (AvgIpc) is 2.95. The van der Waals surface area contributed by atoms with Crippen LogP contribution in [0.15, 0.2) is 24.4 Å². The molecule has 7 nitrogen and oxygen atoms in total. The van der Waals surface area contributed by atoms with Gasteiger partial charge in [-0.2, -0.15) is 10.2 Å². The predicted octanol–water partition coefficient (Wildman–Crippen LogP) is 2.34. The van der Waals surface area contributed by atoms with Crippen LogP contribution in [0.25, 0.3) is 0 Å². The van der Waals surface area contributed by atoms with Gasteiger partial charge in [-0.15, -0.1) is 5.10 Å². The third kappa shape index (κ3) is 4.35. The predicted molar refractivity (Wildman–Crippen MR) is 96.3 cm³/mol. The summed E-state index contributed by atoms with van der Waals surface area (Å²) in [6.07, 6.45) is 4.01. The lowest BCUT2D eigenvalue weighted by atomic mass is 10.0. The van der Waals surface area contributed by atoms with E-state index in [0.29, 0.717) is 12.5 Å². The third-order valence-electron chi connectivity index (χ3n) is 4.70. The van der Waals surface area contributed by atoms with E-state index in [1.807, 2.05) is 41.6 Å². The van der Waals surface area contributed by atoms with Crippen LogP contribution in [0.1, 0.15) is 43.6 Å². The maximum atomic E-state index is 12.6. The van der Waals surface area contributed by atoms with Gasteiger partial charge in [-0.1, -0.05) is 0 Å². The van der Waals surface area contributed by atoms with Crippen LogP contribution in [-0.4, -0.2) is 49.9 Å². The molecule has 1 aliphatic heterocycles.